The molecule has 1 saturated heterocycles. The van der Waals surface area contributed by atoms with Gasteiger partial charge in [-0.15, -0.1) is 0 Å². The molecule has 1 aromatic rings. The number of ether oxygens (including phenoxy) is 2. The minimum atomic E-state index is 0.0995. The Hall–Kier alpha value is -1.40. The van der Waals surface area contributed by atoms with E-state index in [0.717, 1.165) is 19.4 Å². The molecule has 0 amide bonds. The molecule has 4 atom stereocenters. The van der Waals surface area contributed by atoms with E-state index in [0.29, 0.717) is 17.7 Å². The summed E-state index contributed by atoms with van der Waals surface area (Å²) in [5.41, 5.74) is 6.17. The number of methoxy groups -OCH3 is 1. The number of aromatic nitrogens is 2. The smallest absolute Gasteiger partial charge is 0.226 e. The number of fused-ring (bicyclic) bond motifs is 1. The van der Waals surface area contributed by atoms with Gasteiger partial charge in [0.05, 0.1) is 19.3 Å². The van der Waals surface area contributed by atoms with Crippen molar-refractivity contribution in [1.29, 1.82) is 0 Å². The third kappa shape index (κ3) is 1.91. The maximum atomic E-state index is 6.17. The van der Waals surface area contributed by atoms with Crippen LogP contribution >= 0.6 is 0 Å². The van der Waals surface area contributed by atoms with Gasteiger partial charge < -0.3 is 20.5 Å². The first kappa shape index (κ1) is 11.7. The minimum Gasteiger partial charge on any atom is -0.481 e. The molecule has 2 heterocycles. The van der Waals surface area contributed by atoms with Gasteiger partial charge >= 0.3 is 0 Å². The molecular weight excluding hydrogens is 232 g/mol. The Morgan fingerprint density at radius 3 is 3.28 bits per heavy atom. The summed E-state index contributed by atoms with van der Waals surface area (Å²) in [6, 6.07) is 1.93. The first-order valence-corrected chi connectivity index (χ1v) is 6.30. The largest absolute Gasteiger partial charge is 0.481 e. The van der Waals surface area contributed by atoms with Crippen molar-refractivity contribution in [1.82, 2.24) is 9.97 Å². The lowest BCUT2D eigenvalue weighted by Gasteiger charge is -2.52. The lowest BCUT2D eigenvalue weighted by atomic mass is 9.69. The van der Waals surface area contributed by atoms with Crippen molar-refractivity contribution in [3.63, 3.8) is 0 Å². The van der Waals surface area contributed by atoms with Crippen molar-refractivity contribution in [3.05, 3.63) is 12.3 Å². The topological polar surface area (TPSA) is 82.3 Å². The number of nitrogens with zero attached hydrogens (tertiary/aromatic N) is 2. The number of nitrogens with two attached hydrogens (primary N) is 1. The first-order chi connectivity index (χ1) is 8.79. The van der Waals surface area contributed by atoms with Crippen LogP contribution in [0.3, 0.4) is 0 Å². The van der Waals surface area contributed by atoms with Gasteiger partial charge in [0.25, 0.3) is 0 Å². The fourth-order valence-electron chi connectivity index (χ4n) is 2.80. The summed E-state index contributed by atoms with van der Waals surface area (Å²) in [6.07, 6.45) is 4.13. The Morgan fingerprint density at radius 2 is 2.44 bits per heavy atom. The molecule has 4 unspecified atom stereocenters. The Morgan fingerprint density at radius 1 is 1.56 bits per heavy atom. The van der Waals surface area contributed by atoms with E-state index in [1.54, 1.807) is 19.4 Å². The van der Waals surface area contributed by atoms with Gasteiger partial charge in [-0.05, 0) is 12.8 Å². The zero-order valence-corrected chi connectivity index (χ0v) is 10.4. The maximum Gasteiger partial charge on any atom is 0.226 e. The van der Waals surface area contributed by atoms with Crippen molar-refractivity contribution < 1.29 is 9.47 Å². The van der Waals surface area contributed by atoms with Gasteiger partial charge in [-0.2, -0.15) is 4.98 Å². The summed E-state index contributed by atoms with van der Waals surface area (Å²) in [6.45, 7) is 0.824. The van der Waals surface area contributed by atoms with Crippen molar-refractivity contribution in [2.75, 3.05) is 19.0 Å². The summed E-state index contributed by atoms with van der Waals surface area (Å²) in [5, 5.41) is 3.25. The minimum absolute atomic E-state index is 0.0995. The summed E-state index contributed by atoms with van der Waals surface area (Å²) >= 11 is 0. The van der Waals surface area contributed by atoms with Gasteiger partial charge in [-0.3, -0.25) is 0 Å². The molecular formula is C12H18N4O2. The molecule has 2 aliphatic rings. The van der Waals surface area contributed by atoms with Crippen molar-refractivity contribution in [2.45, 2.75) is 31.0 Å². The molecule has 6 heteroatoms. The van der Waals surface area contributed by atoms with Crippen LogP contribution in [0.4, 0.5) is 5.95 Å². The molecule has 1 saturated carbocycles. The molecule has 1 aliphatic heterocycles. The number of nitrogens with one attached hydrogen (secondary N) is 1. The highest BCUT2D eigenvalue weighted by atomic mass is 16.5. The van der Waals surface area contributed by atoms with E-state index in [9.17, 15) is 0 Å². The van der Waals surface area contributed by atoms with E-state index < -0.39 is 0 Å². The molecule has 0 aromatic carbocycles. The molecule has 3 N–H and O–H groups in total. The zero-order chi connectivity index (χ0) is 12.5. The van der Waals surface area contributed by atoms with E-state index in [1.165, 1.54) is 0 Å². The fourth-order valence-corrected chi connectivity index (χ4v) is 2.80. The van der Waals surface area contributed by atoms with E-state index in [2.05, 4.69) is 15.3 Å². The van der Waals surface area contributed by atoms with E-state index in [-0.39, 0.29) is 18.2 Å². The lowest BCUT2D eigenvalue weighted by Crippen LogP contribution is -2.69. The highest BCUT2D eigenvalue weighted by Gasteiger charge is 2.50. The van der Waals surface area contributed by atoms with E-state index in [1.807, 2.05) is 0 Å². The third-order valence-electron chi connectivity index (χ3n) is 3.81. The van der Waals surface area contributed by atoms with Gasteiger partial charge in [0.1, 0.15) is 0 Å². The highest BCUT2D eigenvalue weighted by Crippen LogP contribution is 2.38. The zero-order valence-electron chi connectivity index (χ0n) is 10.4. The second-order valence-corrected chi connectivity index (χ2v) is 4.81. The van der Waals surface area contributed by atoms with Crippen LogP contribution in [-0.2, 0) is 4.74 Å². The predicted octanol–water partition coefficient (Wildman–Crippen LogP) is 0.402. The molecule has 18 heavy (non-hydrogen) atoms. The molecule has 1 aliphatic carbocycles. The van der Waals surface area contributed by atoms with Crippen LogP contribution in [0, 0.1) is 5.92 Å². The second-order valence-electron chi connectivity index (χ2n) is 4.81. The Bertz CT molecular complexity index is 428. The van der Waals surface area contributed by atoms with Crippen molar-refractivity contribution in [2.24, 2.45) is 11.7 Å². The first-order valence-electron chi connectivity index (χ1n) is 6.30. The summed E-state index contributed by atoms with van der Waals surface area (Å²) in [5.74, 6) is 1.56. The van der Waals surface area contributed by atoms with Crippen LogP contribution in [0.25, 0.3) is 0 Å². The SMILES string of the molecule is COc1ccnc(NC2C(N)C3CCCOC32)n1. The predicted molar refractivity (Wildman–Crippen MR) is 66.4 cm³/mol. The number of hydrogen-bond donors (Lipinski definition) is 2. The summed E-state index contributed by atoms with van der Waals surface area (Å²) in [7, 11) is 1.58. The number of hydrogen-bond acceptors (Lipinski definition) is 6. The molecule has 0 spiro atoms. The normalized spacial score (nSPS) is 34.3. The number of anilines is 1. The molecule has 2 fully saturated rings. The van der Waals surface area contributed by atoms with Crippen LogP contribution in [0.1, 0.15) is 12.8 Å². The Balaban J connectivity index is 1.68. The molecule has 98 valence electrons. The maximum absolute atomic E-state index is 6.17. The summed E-state index contributed by atoms with van der Waals surface area (Å²) in [4.78, 5) is 8.40. The van der Waals surface area contributed by atoms with Crippen LogP contribution in [0.2, 0.25) is 0 Å². The number of rotatable bonds is 3. The van der Waals surface area contributed by atoms with Crippen molar-refractivity contribution >= 4 is 5.95 Å². The molecule has 0 bridgehead atoms. The van der Waals surface area contributed by atoms with E-state index >= 15 is 0 Å². The Kier molecular flexibility index (Phi) is 3.05. The van der Waals surface area contributed by atoms with Gasteiger partial charge in [0.2, 0.25) is 11.8 Å². The average Bonchev–Trinajstić information content (AvgIpc) is 2.44. The van der Waals surface area contributed by atoms with Gasteiger partial charge in [0.15, 0.2) is 0 Å². The Labute approximate surface area is 106 Å². The molecule has 0 radical (unpaired) electrons. The average molecular weight is 250 g/mol. The van der Waals surface area contributed by atoms with Crippen LogP contribution in [0.15, 0.2) is 12.3 Å². The molecule has 3 rings (SSSR count). The second kappa shape index (κ2) is 4.70. The quantitative estimate of drug-likeness (QED) is 0.808. The monoisotopic (exact) mass is 250 g/mol. The standard InChI is InChI=1S/C12H18N4O2/c1-17-8-4-5-14-12(15-8)16-10-9(13)7-3-2-6-18-11(7)10/h4-5,7,9-11H,2-3,6,13H2,1H3,(H,14,15,16). The highest BCUT2D eigenvalue weighted by molar-refractivity contribution is 5.33. The third-order valence-corrected chi connectivity index (χ3v) is 3.81. The van der Waals surface area contributed by atoms with Crippen LogP contribution in [-0.4, -0.2) is 41.9 Å². The molecule has 6 nitrogen and oxygen atoms in total. The fraction of sp³-hybridized carbons (Fsp3) is 0.667. The van der Waals surface area contributed by atoms with Gasteiger partial charge in [0, 0.05) is 30.8 Å². The van der Waals surface area contributed by atoms with Crippen LogP contribution in [0.5, 0.6) is 5.88 Å². The van der Waals surface area contributed by atoms with Crippen LogP contribution < -0.4 is 15.8 Å². The van der Waals surface area contributed by atoms with Gasteiger partial charge in [-0.25, -0.2) is 4.98 Å². The summed E-state index contributed by atoms with van der Waals surface area (Å²) < 4.78 is 10.8. The lowest BCUT2D eigenvalue weighted by molar-refractivity contribution is -0.104. The van der Waals surface area contributed by atoms with Crippen molar-refractivity contribution in [3.8, 4) is 5.88 Å². The molecule has 1 aromatic heterocycles. The van der Waals surface area contributed by atoms with Gasteiger partial charge in [-0.1, -0.05) is 0 Å². The van der Waals surface area contributed by atoms with E-state index in [4.69, 9.17) is 15.2 Å².